The van der Waals surface area contributed by atoms with E-state index in [4.69, 9.17) is 14.2 Å². The van der Waals surface area contributed by atoms with Crippen molar-refractivity contribution in [3.63, 3.8) is 0 Å². The van der Waals surface area contributed by atoms with E-state index in [0.29, 0.717) is 49.1 Å². The Morgan fingerprint density at radius 1 is 0.676 bits per heavy atom. The summed E-state index contributed by atoms with van der Waals surface area (Å²) in [6.07, 6.45) is -4.86. The summed E-state index contributed by atoms with van der Waals surface area (Å²) in [5.74, 6) is 0.524. The first-order valence-electron chi connectivity index (χ1n) is 22.6. The quantitative estimate of drug-likeness (QED) is 0.0400. The van der Waals surface area contributed by atoms with Crippen LogP contribution in [0.3, 0.4) is 0 Å². The second-order valence-corrected chi connectivity index (χ2v) is 19.5. The van der Waals surface area contributed by atoms with Crippen LogP contribution >= 0.6 is 15.9 Å². The van der Waals surface area contributed by atoms with Crippen LogP contribution in [-0.2, 0) is 28.7 Å². The van der Waals surface area contributed by atoms with Gasteiger partial charge in [-0.25, -0.2) is 0 Å². The molecule has 0 saturated heterocycles. The van der Waals surface area contributed by atoms with Gasteiger partial charge in [0.1, 0.15) is 11.5 Å². The van der Waals surface area contributed by atoms with Gasteiger partial charge in [0.25, 0.3) is 0 Å². The molecule has 2 aromatic heterocycles. The number of halogens is 7. The summed E-state index contributed by atoms with van der Waals surface area (Å²) in [7, 11) is 2.84. The lowest BCUT2D eigenvalue weighted by molar-refractivity contribution is -0.271. The van der Waals surface area contributed by atoms with Crippen LogP contribution < -0.4 is 20.3 Å². The maximum Gasteiger partial charge on any atom is 0.418 e. The highest BCUT2D eigenvalue weighted by Crippen LogP contribution is 2.47. The number of carbonyl (C=O) groups excluding carboxylic acids is 1. The van der Waals surface area contributed by atoms with Gasteiger partial charge in [0.2, 0.25) is 0 Å². The summed E-state index contributed by atoms with van der Waals surface area (Å²) < 4.78 is 104. The summed E-state index contributed by atoms with van der Waals surface area (Å²) in [6, 6.07) is 24.8. The lowest BCUT2D eigenvalue weighted by atomic mass is 9.74. The van der Waals surface area contributed by atoms with E-state index in [-0.39, 0.29) is 22.0 Å². The largest absolute Gasteiger partial charge is 0.502 e. The second-order valence-electron chi connectivity index (χ2n) is 18.5. The number of benzene rings is 4. The summed E-state index contributed by atoms with van der Waals surface area (Å²) in [5.41, 5.74) is -7.23. The van der Waals surface area contributed by atoms with Gasteiger partial charge in [-0.2, -0.15) is 26.3 Å². The fourth-order valence-corrected chi connectivity index (χ4v) is 8.84. The van der Waals surface area contributed by atoms with E-state index in [1.165, 1.54) is 91.8 Å². The summed E-state index contributed by atoms with van der Waals surface area (Å²) >= 11 is 3.35. The molecule has 384 valence electrons. The van der Waals surface area contributed by atoms with Crippen molar-refractivity contribution in [1.29, 1.82) is 0 Å². The molecule has 6 rings (SSSR count). The number of hydrogen-bond acceptors (Lipinski definition) is 8. The minimum Gasteiger partial charge on any atom is -0.502 e. The molecule has 0 amide bonds. The van der Waals surface area contributed by atoms with E-state index in [9.17, 15) is 50.9 Å². The van der Waals surface area contributed by atoms with E-state index >= 15 is 0 Å². The van der Waals surface area contributed by atoms with Gasteiger partial charge in [0, 0.05) is 56.5 Å². The van der Waals surface area contributed by atoms with Crippen LogP contribution in [0.4, 0.5) is 26.3 Å². The average molecular weight is 1060 g/mol. The number of nitrogens with zero attached hydrogens (tertiary/aromatic N) is 2. The lowest BCUT2D eigenvalue weighted by Gasteiger charge is -2.39. The van der Waals surface area contributed by atoms with Gasteiger partial charge in [0.15, 0.2) is 27.8 Å². The Morgan fingerprint density at radius 3 is 1.49 bits per heavy atom. The van der Waals surface area contributed by atoms with Crippen LogP contribution in [-0.4, -0.2) is 69.5 Å². The summed E-state index contributed by atoms with van der Waals surface area (Å²) in [6.45, 7) is 12.6. The molecule has 10 nitrogen and oxygen atoms in total. The molecular weight excluding hydrogens is 998 g/mol. The van der Waals surface area contributed by atoms with Gasteiger partial charge in [-0.1, -0.05) is 87.8 Å². The Labute approximate surface area is 417 Å². The molecule has 6 aromatic rings. The van der Waals surface area contributed by atoms with E-state index < -0.39 is 60.3 Å². The number of carbonyl (C=O) groups is 1. The van der Waals surface area contributed by atoms with Crippen molar-refractivity contribution in [2.24, 2.45) is 0 Å². The molecule has 4 aromatic carbocycles. The fourth-order valence-electron chi connectivity index (χ4n) is 8.48. The number of pyridine rings is 2. The maximum atomic E-state index is 14.3. The smallest absolute Gasteiger partial charge is 0.418 e. The van der Waals surface area contributed by atoms with Crippen molar-refractivity contribution in [2.75, 3.05) is 20.8 Å². The van der Waals surface area contributed by atoms with Gasteiger partial charge in [-0.15, -0.1) is 0 Å². The zero-order valence-electron chi connectivity index (χ0n) is 41.0. The first-order chi connectivity index (χ1) is 33.1. The first kappa shape index (κ1) is 57.7. The van der Waals surface area contributed by atoms with Gasteiger partial charge >= 0.3 is 12.4 Å². The summed E-state index contributed by atoms with van der Waals surface area (Å²) in [4.78, 5) is 36.1. The number of alkyl halides is 6. The van der Waals surface area contributed by atoms with Crippen LogP contribution in [0.5, 0.6) is 11.5 Å². The monoisotopic (exact) mass is 1060 g/mol. The number of hydrogen-bond donors (Lipinski definition) is 2. The van der Waals surface area contributed by atoms with E-state index in [1.807, 2.05) is 0 Å². The van der Waals surface area contributed by atoms with Gasteiger partial charge in [-0.3, -0.25) is 14.4 Å². The second kappa shape index (κ2) is 23.5. The molecule has 0 aliphatic carbocycles. The van der Waals surface area contributed by atoms with Gasteiger partial charge < -0.3 is 33.6 Å². The molecule has 71 heavy (non-hydrogen) atoms. The summed E-state index contributed by atoms with van der Waals surface area (Å²) in [5, 5.41) is 22.6. The number of para-hydroxylation sites is 2. The first-order valence-corrected chi connectivity index (χ1v) is 23.4. The number of ether oxygens (including phenoxy) is 3. The van der Waals surface area contributed by atoms with Crippen LogP contribution in [0.2, 0.25) is 0 Å². The number of Topliss-reactive ketones (excluding diaryl/α,β-unsaturated/α-hetero) is 1. The highest BCUT2D eigenvalue weighted by molar-refractivity contribution is 9.10. The highest BCUT2D eigenvalue weighted by atomic mass is 79.9. The molecule has 2 atom stereocenters. The van der Waals surface area contributed by atoms with Crippen molar-refractivity contribution in [2.45, 2.75) is 115 Å². The van der Waals surface area contributed by atoms with Crippen molar-refractivity contribution in [3.8, 4) is 11.5 Å². The Kier molecular flexibility index (Phi) is 19.1. The Bertz CT molecular complexity index is 2910. The minimum absolute atomic E-state index is 0.236. The topological polar surface area (TPSA) is 129 Å². The zero-order valence-corrected chi connectivity index (χ0v) is 42.6. The Hall–Kier alpha value is -5.91. The molecule has 2 heterocycles. The van der Waals surface area contributed by atoms with Gasteiger partial charge in [0.05, 0.1) is 51.2 Å². The number of ketones is 1. The molecule has 0 fully saturated rings. The van der Waals surface area contributed by atoms with Gasteiger partial charge in [-0.05, 0) is 97.7 Å². The van der Waals surface area contributed by atoms with Crippen molar-refractivity contribution >= 4 is 43.5 Å². The van der Waals surface area contributed by atoms with Crippen LogP contribution in [0.15, 0.2) is 136 Å². The normalized spacial score (nSPS) is 13.7. The van der Waals surface area contributed by atoms with E-state index in [0.717, 1.165) is 13.0 Å². The molecular formula is C54H61BrF6N2O8. The van der Waals surface area contributed by atoms with Crippen LogP contribution in [0, 0.1) is 0 Å². The Morgan fingerprint density at radius 2 is 1.10 bits per heavy atom. The molecule has 0 aliphatic heterocycles. The number of fused-ring (bicyclic) bond motifs is 2. The molecule has 17 heteroatoms. The minimum atomic E-state index is -4.97. The molecule has 0 aliphatic rings. The number of methoxy groups -OCH3 is 2. The van der Waals surface area contributed by atoms with Crippen LogP contribution in [0.25, 0.3) is 21.8 Å². The molecule has 0 bridgehead atoms. The molecule has 0 radical (unpaired) electrons. The standard InChI is InChI=1S/C25H26F3NO4.C23H23BrF3NO3.C6H12O/c1-16(30)17-9-10-22(33-4)19(13-17)23(2,3)14-24(32,25(26,27)28)15-29-12-11-21(31)18-7-5-6-8-20(18)29;1-21(2,17-12-15(24)8-9-20(17)31-3)13-22(30,23(25,26)27)14-28-11-10-19(29)16-6-4-5-7-18(16)28;1-3-5-6-7-4-2/h5-13,32H,14-15H2,1-4H3;4-12,30H,13-14H2,1-3H3;4H,2-3,5-6H2,1H3. The predicted octanol–water partition coefficient (Wildman–Crippen LogP) is 12.3. The molecule has 2 unspecified atom stereocenters. The third-order valence-corrected chi connectivity index (χ3v) is 12.6. The number of rotatable bonds is 17. The highest BCUT2D eigenvalue weighted by Gasteiger charge is 2.57. The zero-order chi connectivity index (χ0) is 53.2. The SMILES string of the molecule is C=COCCCC.COc1ccc(Br)cc1C(C)(C)CC(O)(Cn1ccc(=O)c2ccccc21)C(F)(F)F.COc1ccc(C(C)=O)cc1C(C)(C)CC(O)(Cn1ccc(=O)c2ccccc21)C(F)(F)F. The molecule has 0 saturated carbocycles. The van der Waals surface area contributed by atoms with Crippen molar-refractivity contribution in [3.05, 3.63) is 164 Å². The van der Waals surface area contributed by atoms with Crippen molar-refractivity contribution in [1.82, 2.24) is 9.13 Å². The van der Waals surface area contributed by atoms with E-state index in [1.54, 1.807) is 88.4 Å². The van der Waals surface area contributed by atoms with Crippen LogP contribution in [0.1, 0.15) is 88.7 Å². The van der Waals surface area contributed by atoms with Crippen molar-refractivity contribution < 1.29 is 55.6 Å². The third-order valence-electron chi connectivity index (χ3n) is 12.1. The molecule has 0 spiro atoms. The fraction of sp³-hybridized carbons (Fsp3) is 0.389. The number of aliphatic hydroxyl groups is 2. The molecule has 2 N–H and O–H groups in total. The number of aromatic nitrogens is 2. The Balaban J connectivity index is 0.000000272. The number of unbranched alkanes of at least 4 members (excludes halogenated alkanes) is 1. The third kappa shape index (κ3) is 14.2. The maximum absolute atomic E-state index is 14.3. The van der Waals surface area contributed by atoms with E-state index in [2.05, 4.69) is 29.4 Å². The average Bonchev–Trinajstić information content (AvgIpc) is 3.30. The lowest BCUT2D eigenvalue weighted by Crippen LogP contribution is -2.52. The predicted molar refractivity (Wildman–Crippen MR) is 268 cm³/mol.